The number of rotatable bonds is 4. The maximum Gasteiger partial charge on any atom is 0.122 e. The summed E-state index contributed by atoms with van der Waals surface area (Å²) in [6.45, 7) is 2.01. The van der Waals surface area contributed by atoms with Gasteiger partial charge in [0.2, 0.25) is 0 Å². The summed E-state index contributed by atoms with van der Waals surface area (Å²) in [6.07, 6.45) is 0.792. The Morgan fingerprint density at radius 2 is 1.58 bits per heavy atom. The molecule has 0 bridgehead atoms. The smallest absolute Gasteiger partial charge is 0.122 e. The molecular formula is C16H19NO2. The van der Waals surface area contributed by atoms with Crippen LogP contribution in [0, 0.1) is 6.92 Å². The highest BCUT2D eigenvalue weighted by atomic mass is 16.5. The quantitative estimate of drug-likeness (QED) is 0.855. The van der Waals surface area contributed by atoms with Crippen molar-refractivity contribution in [3.8, 4) is 11.5 Å². The summed E-state index contributed by atoms with van der Waals surface area (Å²) >= 11 is 0. The van der Waals surface area contributed by atoms with Crippen molar-refractivity contribution in [3.63, 3.8) is 0 Å². The molecule has 0 fully saturated rings. The molecule has 0 spiro atoms. The first-order chi connectivity index (χ1) is 9.13. The van der Waals surface area contributed by atoms with Gasteiger partial charge in [-0.1, -0.05) is 12.1 Å². The van der Waals surface area contributed by atoms with Gasteiger partial charge < -0.3 is 15.2 Å². The van der Waals surface area contributed by atoms with Crippen LogP contribution in [0.15, 0.2) is 36.4 Å². The molecule has 3 heteroatoms. The van der Waals surface area contributed by atoms with Gasteiger partial charge in [0.25, 0.3) is 0 Å². The topological polar surface area (TPSA) is 44.5 Å². The Morgan fingerprint density at radius 1 is 0.947 bits per heavy atom. The molecule has 0 amide bonds. The predicted molar refractivity (Wildman–Crippen MR) is 77.9 cm³/mol. The first-order valence-corrected chi connectivity index (χ1v) is 6.20. The number of hydrogen-bond donors (Lipinski definition) is 1. The summed E-state index contributed by atoms with van der Waals surface area (Å²) in [7, 11) is 3.37. The van der Waals surface area contributed by atoms with E-state index in [2.05, 4.69) is 0 Å². The molecule has 2 N–H and O–H groups in total. The maximum atomic E-state index is 5.70. The minimum atomic E-state index is 0.775. The second kappa shape index (κ2) is 5.65. The van der Waals surface area contributed by atoms with Crippen LogP contribution >= 0.6 is 0 Å². The van der Waals surface area contributed by atoms with Gasteiger partial charge >= 0.3 is 0 Å². The fraction of sp³-hybridized carbons (Fsp3) is 0.250. The normalized spacial score (nSPS) is 10.3. The first kappa shape index (κ1) is 13.3. The van der Waals surface area contributed by atoms with Gasteiger partial charge in [-0.05, 0) is 42.3 Å². The molecule has 0 aromatic heterocycles. The van der Waals surface area contributed by atoms with Crippen LogP contribution in [0.2, 0.25) is 0 Å². The molecule has 0 atom stereocenters. The summed E-state index contributed by atoms with van der Waals surface area (Å²) in [5.41, 5.74) is 9.84. The number of nitrogen functional groups attached to an aromatic ring is 1. The minimum absolute atomic E-state index is 0.775. The van der Waals surface area contributed by atoms with E-state index in [0.29, 0.717) is 0 Å². The van der Waals surface area contributed by atoms with Crippen molar-refractivity contribution >= 4 is 5.69 Å². The van der Waals surface area contributed by atoms with Gasteiger partial charge in [0.15, 0.2) is 0 Å². The third-order valence-corrected chi connectivity index (χ3v) is 3.17. The van der Waals surface area contributed by atoms with Gasteiger partial charge in [0, 0.05) is 17.7 Å². The lowest BCUT2D eigenvalue weighted by Crippen LogP contribution is -1.97. The molecule has 0 heterocycles. The molecule has 19 heavy (non-hydrogen) atoms. The van der Waals surface area contributed by atoms with Crippen molar-refractivity contribution < 1.29 is 9.47 Å². The lowest BCUT2D eigenvalue weighted by molar-refractivity contribution is 0.397. The molecule has 0 radical (unpaired) electrons. The second-order valence-electron chi connectivity index (χ2n) is 4.55. The molecule has 2 aromatic rings. The zero-order chi connectivity index (χ0) is 13.8. The Kier molecular flexibility index (Phi) is 3.95. The molecule has 2 aromatic carbocycles. The summed E-state index contributed by atoms with van der Waals surface area (Å²) in [5, 5.41) is 0. The molecule has 2 rings (SSSR count). The largest absolute Gasteiger partial charge is 0.496 e. The molecular weight excluding hydrogens is 238 g/mol. The van der Waals surface area contributed by atoms with E-state index in [0.717, 1.165) is 34.7 Å². The minimum Gasteiger partial charge on any atom is -0.496 e. The van der Waals surface area contributed by atoms with Crippen molar-refractivity contribution in [2.45, 2.75) is 13.3 Å². The van der Waals surface area contributed by atoms with Gasteiger partial charge in [-0.3, -0.25) is 0 Å². The predicted octanol–water partition coefficient (Wildman–Crippen LogP) is 3.19. The second-order valence-corrected chi connectivity index (χ2v) is 4.55. The van der Waals surface area contributed by atoms with Gasteiger partial charge in [-0.15, -0.1) is 0 Å². The third-order valence-electron chi connectivity index (χ3n) is 3.17. The van der Waals surface area contributed by atoms with Crippen LogP contribution in [-0.4, -0.2) is 14.2 Å². The average Bonchev–Trinajstić information content (AvgIpc) is 2.42. The van der Waals surface area contributed by atoms with Crippen molar-refractivity contribution in [3.05, 3.63) is 53.1 Å². The van der Waals surface area contributed by atoms with Crippen molar-refractivity contribution in [2.24, 2.45) is 0 Å². The number of anilines is 1. The number of hydrogen-bond acceptors (Lipinski definition) is 3. The molecule has 0 unspecified atom stereocenters. The summed E-state index contributed by atoms with van der Waals surface area (Å²) in [5.74, 6) is 1.77. The van der Waals surface area contributed by atoms with Gasteiger partial charge in [0.1, 0.15) is 11.5 Å². The lowest BCUT2D eigenvalue weighted by Gasteiger charge is -2.13. The number of ether oxygens (including phenoxy) is 2. The fourth-order valence-corrected chi connectivity index (χ4v) is 2.11. The zero-order valence-corrected chi connectivity index (χ0v) is 11.6. The third kappa shape index (κ3) is 2.99. The van der Waals surface area contributed by atoms with Crippen LogP contribution in [0.25, 0.3) is 0 Å². The highest BCUT2D eigenvalue weighted by molar-refractivity contribution is 5.48. The van der Waals surface area contributed by atoms with Crippen LogP contribution in [0.1, 0.15) is 16.7 Å². The van der Waals surface area contributed by atoms with Gasteiger partial charge in [-0.25, -0.2) is 0 Å². The summed E-state index contributed by atoms with van der Waals surface area (Å²) in [6, 6.07) is 11.9. The number of methoxy groups -OCH3 is 2. The first-order valence-electron chi connectivity index (χ1n) is 6.20. The van der Waals surface area contributed by atoms with E-state index in [1.165, 1.54) is 5.56 Å². The highest BCUT2D eigenvalue weighted by Gasteiger charge is 2.09. The summed E-state index contributed by atoms with van der Waals surface area (Å²) < 4.78 is 10.8. The Balaban J connectivity index is 2.35. The fourth-order valence-electron chi connectivity index (χ4n) is 2.11. The molecule has 0 aliphatic rings. The van der Waals surface area contributed by atoms with E-state index in [4.69, 9.17) is 15.2 Å². The number of aryl methyl sites for hydroxylation is 1. The van der Waals surface area contributed by atoms with Crippen molar-refractivity contribution in [2.75, 3.05) is 20.0 Å². The van der Waals surface area contributed by atoms with E-state index in [1.807, 2.05) is 43.3 Å². The van der Waals surface area contributed by atoms with E-state index >= 15 is 0 Å². The van der Waals surface area contributed by atoms with Crippen molar-refractivity contribution in [1.82, 2.24) is 0 Å². The van der Waals surface area contributed by atoms with Crippen LogP contribution in [0.3, 0.4) is 0 Å². The van der Waals surface area contributed by atoms with E-state index in [-0.39, 0.29) is 0 Å². The monoisotopic (exact) mass is 257 g/mol. The van der Waals surface area contributed by atoms with Crippen molar-refractivity contribution in [1.29, 1.82) is 0 Å². The Morgan fingerprint density at radius 3 is 2.16 bits per heavy atom. The molecule has 0 aliphatic carbocycles. The standard InChI is InChI=1S/C16H19NO2/c1-11-8-16(19-3)13(10-15(11)18-2)9-12-4-6-14(17)7-5-12/h4-8,10H,9,17H2,1-3H3. The molecule has 0 aliphatic heterocycles. The molecule has 0 saturated heterocycles. The Labute approximate surface area is 114 Å². The van der Waals surface area contributed by atoms with Gasteiger partial charge in [0.05, 0.1) is 14.2 Å². The van der Waals surface area contributed by atoms with Crippen LogP contribution < -0.4 is 15.2 Å². The summed E-state index contributed by atoms with van der Waals surface area (Å²) in [4.78, 5) is 0. The Bertz CT molecular complexity index is 562. The van der Waals surface area contributed by atoms with E-state index < -0.39 is 0 Å². The van der Waals surface area contributed by atoms with E-state index in [9.17, 15) is 0 Å². The SMILES string of the molecule is COc1cc(Cc2ccc(N)cc2)c(OC)cc1C. The Hall–Kier alpha value is -2.16. The highest BCUT2D eigenvalue weighted by Crippen LogP contribution is 2.30. The van der Waals surface area contributed by atoms with Gasteiger partial charge in [-0.2, -0.15) is 0 Å². The maximum absolute atomic E-state index is 5.70. The molecule has 0 saturated carbocycles. The molecule has 100 valence electrons. The zero-order valence-electron chi connectivity index (χ0n) is 11.6. The van der Waals surface area contributed by atoms with Crippen LogP contribution in [0.5, 0.6) is 11.5 Å². The van der Waals surface area contributed by atoms with Crippen LogP contribution in [0.4, 0.5) is 5.69 Å². The van der Waals surface area contributed by atoms with E-state index in [1.54, 1.807) is 14.2 Å². The number of nitrogens with two attached hydrogens (primary N) is 1. The average molecular weight is 257 g/mol. The number of benzene rings is 2. The van der Waals surface area contributed by atoms with Crippen LogP contribution in [-0.2, 0) is 6.42 Å². The molecule has 3 nitrogen and oxygen atoms in total. The lowest BCUT2D eigenvalue weighted by atomic mass is 10.0.